The summed E-state index contributed by atoms with van der Waals surface area (Å²) in [6, 6.07) is 0.392. The van der Waals surface area contributed by atoms with E-state index >= 15 is 0 Å². The van der Waals surface area contributed by atoms with Gasteiger partial charge in [-0.25, -0.2) is 4.98 Å². The van der Waals surface area contributed by atoms with Gasteiger partial charge in [0.25, 0.3) is 0 Å². The van der Waals surface area contributed by atoms with E-state index in [1.165, 1.54) is 12.8 Å². The second-order valence-electron chi connectivity index (χ2n) is 3.55. The van der Waals surface area contributed by atoms with Crippen molar-refractivity contribution < 1.29 is 4.42 Å². The SMILES string of the molecule is CC1CCC(c2cnco2)NC1. The molecule has 2 heterocycles. The monoisotopic (exact) mass is 166 g/mol. The number of aromatic nitrogens is 1. The highest BCUT2D eigenvalue weighted by atomic mass is 16.3. The molecule has 1 N–H and O–H groups in total. The van der Waals surface area contributed by atoms with Crippen molar-refractivity contribution in [3.63, 3.8) is 0 Å². The minimum Gasteiger partial charge on any atom is -0.447 e. The van der Waals surface area contributed by atoms with Gasteiger partial charge in [-0.2, -0.15) is 0 Å². The van der Waals surface area contributed by atoms with E-state index in [2.05, 4.69) is 17.2 Å². The Kier molecular flexibility index (Phi) is 2.13. The summed E-state index contributed by atoms with van der Waals surface area (Å²) in [7, 11) is 0. The van der Waals surface area contributed by atoms with Crippen LogP contribution in [0.1, 0.15) is 31.6 Å². The zero-order valence-electron chi connectivity index (χ0n) is 7.29. The van der Waals surface area contributed by atoms with Gasteiger partial charge in [0.05, 0.1) is 12.2 Å². The van der Waals surface area contributed by atoms with Gasteiger partial charge in [-0.15, -0.1) is 0 Å². The maximum Gasteiger partial charge on any atom is 0.180 e. The molecule has 12 heavy (non-hydrogen) atoms. The molecule has 66 valence electrons. The van der Waals surface area contributed by atoms with Crippen molar-refractivity contribution in [1.29, 1.82) is 0 Å². The first-order valence-corrected chi connectivity index (χ1v) is 4.48. The third-order valence-corrected chi connectivity index (χ3v) is 2.46. The topological polar surface area (TPSA) is 38.1 Å². The summed E-state index contributed by atoms with van der Waals surface area (Å²) in [5.74, 6) is 1.77. The van der Waals surface area contributed by atoms with E-state index in [4.69, 9.17) is 4.42 Å². The predicted octanol–water partition coefficient (Wildman–Crippen LogP) is 1.74. The Bertz CT molecular complexity index is 225. The van der Waals surface area contributed by atoms with Crippen molar-refractivity contribution >= 4 is 0 Å². The second kappa shape index (κ2) is 3.27. The van der Waals surface area contributed by atoms with Crippen LogP contribution < -0.4 is 5.32 Å². The number of piperidine rings is 1. The molecule has 1 aromatic rings. The number of nitrogens with one attached hydrogen (secondary N) is 1. The average Bonchev–Trinajstić information content (AvgIpc) is 2.58. The predicted molar refractivity (Wildman–Crippen MR) is 45.6 cm³/mol. The Morgan fingerprint density at radius 1 is 1.58 bits per heavy atom. The van der Waals surface area contributed by atoms with Crippen LogP contribution in [0.5, 0.6) is 0 Å². The maximum absolute atomic E-state index is 5.23. The molecule has 0 aliphatic carbocycles. The van der Waals surface area contributed by atoms with E-state index in [9.17, 15) is 0 Å². The zero-order chi connectivity index (χ0) is 8.39. The Balaban J connectivity index is 1.99. The first-order valence-electron chi connectivity index (χ1n) is 4.48. The van der Waals surface area contributed by atoms with Crippen LogP contribution in [0.25, 0.3) is 0 Å². The fraction of sp³-hybridized carbons (Fsp3) is 0.667. The summed E-state index contributed by atoms with van der Waals surface area (Å²) in [6.07, 6.45) is 5.73. The summed E-state index contributed by atoms with van der Waals surface area (Å²) in [5.41, 5.74) is 0. The summed E-state index contributed by atoms with van der Waals surface area (Å²) in [4.78, 5) is 3.91. The average molecular weight is 166 g/mol. The molecule has 1 aliphatic rings. The quantitative estimate of drug-likeness (QED) is 0.690. The molecule has 0 bridgehead atoms. The summed E-state index contributed by atoms with van der Waals surface area (Å²) >= 11 is 0. The minimum absolute atomic E-state index is 0.392. The van der Waals surface area contributed by atoms with Crippen molar-refractivity contribution in [2.45, 2.75) is 25.8 Å². The second-order valence-corrected chi connectivity index (χ2v) is 3.55. The Labute approximate surface area is 72.2 Å². The molecule has 1 fully saturated rings. The number of oxazole rings is 1. The molecule has 3 heteroatoms. The third kappa shape index (κ3) is 1.50. The lowest BCUT2D eigenvalue weighted by Gasteiger charge is -2.25. The van der Waals surface area contributed by atoms with Crippen LogP contribution in [0.2, 0.25) is 0 Å². The van der Waals surface area contributed by atoms with Crippen molar-refractivity contribution in [1.82, 2.24) is 10.3 Å². The van der Waals surface area contributed by atoms with Crippen molar-refractivity contribution in [3.05, 3.63) is 18.4 Å². The number of hydrogen-bond donors (Lipinski definition) is 1. The Morgan fingerprint density at radius 2 is 2.50 bits per heavy atom. The van der Waals surface area contributed by atoms with E-state index in [1.807, 2.05) is 0 Å². The number of nitrogens with zero attached hydrogens (tertiary/aromatic N) is 1. The fourth-order valence-electron chi connectivity index (χ4n) is 1.64. The van der Waals surface area contributed by atoms with Gasteiger partial charge in [0, 0.05) is 0 Å². The van der Waals surface area contributed by atoms with Gasteiger partial charge in [0.15, 0.2) is 6.39 Å². The van der Waals surface area contributed by atoms with Gasteiger partial charge in [0.1, 0.15) is 5.76 Å². The summed E-state index contributed by atoms with van der Waals surface area (Å²) in [6.45, 7) is 3.36. The van der Waals surface area contributed by atoms with Crippen molar-refractivity contribution in [2.75, 3.05) is 6.54 Å². The molecular formula is C9H14N2O. The van der Waals surface area contributed by atoms with Gasteiger partial charge in [-0.05, 0) is 25.3 Å². The molecule has 2 unspecified atom stereocenters. The van der Waals surface area contributed by atoms with Gasteiger partial charge < -0.3 is 9.73 Å². The van der Waals surface area contributed by atoms with Crippen LogP contribution in [-0.4, -0.2) is 11.5 Å². The van der Waals surface area contributed by atoms with Crippen LogP contribution in [0.15, 0.2) is 17.0 Å². The summed E-state index contributed by atoms with van der Waals surface area (Å²) < 4.78 is 5.23. The van der Waals surface area contributed by atoms with E-state index in [1.54, 1.807) is 6.20 Å². The highest BCUT2D eigenvalue weighted by Gasteiger charge is 2.20. The maximum atomic E-state index is 5.23. The smallest absolute Gasteiger partial charge is 0.180 e. The van der Waals surface area contributed by atoms with Gasteiger partial charge in [-0.1, -0.05) is 6.92 Å². The third-order valence-electron chi connectivity index (χ3n) is 2.46. The van der Waals surface area contributed by atoms with E-state index in [0.29, 0.717) is 6.04 Å². The van der Waals surface area contributed by atoms with Crippen LogP contribution in [0.4, 0.5) is 0 Å². The first-order chi connectivity index (χ1) is 5.86. The standard InChI is InChI=1S/C9H14N2O/c1-7-2-3-8(11-4-7)9-5-10-6-12-9/h5-8,11H,2-4H2,1H3. The van der Waals surface area contributed by atoms with Crippen LogP contribution in [-0.2, 0) is 0 Å². The molecule has 1 saturated heterocycles. The van der Waals surface area contributed by atoms with Crippen molar-refractivity contribution in [3.8, 4) is 0 Å². The van der Waals surface area contributed by atoms with E-state index in [0.717, 1.165) is 24.6 Å². The number of hydrogen-bond acceptors (Lipinski definition) is 3. The molecule has 2 atom stereocenters. The van der Waals surface area contributed by atoms with Crippen LogP contribution in [0, 0.1) is 5.92 Å². The molecule has 1 aliphatic heterocycles. The lowest BCUT2D eigenvalue weighted by molar-refractivity contribution is 0.297. The normalized spacial score (nSPS) is 30.4. The Hall–Kier alpha value is -0.830. The first kappa shape index (κ1) is 7.80. The van der Waals surface area contributed by atoms with Gasteiger partial charge >= 0.3 is 0 Å². The molecule has 0 spiro atoms. The Morgan fingerprint density at radius 3 is 3.08 bits per heavy atom. The molecule has 2 rings (SSSR count). The molecular weight excluding hydrogens is 152 g/mol. The highest BCUT2D eigenvalue weighted by Crippen LogP contribution is 2.24. The number of rotatable bonds is 1. The lowest BCUT2D eigenvalue weighted by Crippen LogP contribution is -2.31. The van der Waals surface area contributed by atoms with E-state index < -0.39 is 0 Å². The van der Waals surface area contributed by atoms with Gasteiger partial charge in [0.2, 0.25) is 0 Å². The zero-order valence-corrected chi connectivity index (χ0v) is 7.29. The molecule has 0 amide bonds. The lowest BCUT2D eigenvalue weighted by atomic mass is 9.95. The fourth-order valence-corrected chi connectivity index (χ4v) is 1.64. The molecule has 1 aromatic heterocycles. The van der Waals surface area contributed by atoms with Crippen LogP contribution in [0.3, 0.4) is 0 Å². The highest BCUT2D eigenvalue weighted by molar-refractivity contribution is 4.98. The minimum atomic E-state index is 0.392. The summed E-state index contributed by atoms with van der Waals surface area (Å²) in [5, 5.41) is 3.44. The van der Waals surface area contributed by atoms with E-state index in [-0.39, 0.29) is 0 Å². The van der Waals surface area contributed by atoms with Crippen LogP contribution >= 0.6 is 0 Å². The molecule has 0 radical (unpaired) electrons. The largest absolute Gasteiger partial charge is 0.447 e. The van der Waals surface area contributed by atoms with Gasteiger partial charge in [-0.3, -0.25) is 0 Å². The molecule has 0 saturated carbocycles. The molecule has 0 aromatic carbocycles. The molecule has 3 nitrogen and oxygen atoms in total. The van der Waals surface area contributed by atoms with Crippen molar-refractivity contribution in [2.24, 2.45) is 5.92 Å².